The van der Waals surface area contributed by atoms with Crippen molar-refractivity contribution in [3.05, 3.63) is 71.9 Å². The highest BCUT2D eigenvalue weighted by Crippen LogP contribution is 2.27. The van der Waals surface area contributed by atoms with Crippen molar-refractivity contribution < 1.29 is 24.3 Å². The van der Waals surface area contributed by atoms with Gasteiger partial charge in [0.1, 0.15) is 6.04 Å². The molecule has 0 spiro atoms. The lowest BCUT2D eigenvalue weighted by Gasteiger charge is -2.29. The maximum absolute atomic E-state index is 13.7. The number of hydrogen-bond acceptors (Lipinski definition) is 5. The molecular weight excluding hydrogens is 546 g/mol. The number of para-hydroxylation sites is 1. The Morgan fingerprint density at radius 3 is 2.35 bits per heavy atom. The van der Waals surface area contributed by atoms with E-state index in [-0.39, 0.29) is 43.7 Å². The first-order chi connectivity index (χ1) is 20.8. The lowest BCUT2D eigenvalue weighted by Crippen LogP contribution is -2.56. The van der Waals surface area contributed by atoms with Crippen LogP contribution in [0.5, 0.6) is 0 Å². The number of carbonyl (C=O) groups excluding carboxylic acids is 3. The molecule has 3 amide bonds. The fourth-order valence-electron chi connectivity index (χ4n) is 5.83. The quantitative estimate of drug-likeness (QED) is 0.159. The predicted molar refractivity (Wildman–Crippen MR) is 165 cm³/mol. The number of nitrogens with one attached hydrogen (secondary N) is 4. The van der Waals surface area contributed by atoms with Crippen molar-refractivity contribution >= 4 is 34.6 Å². The van der Waals surface area contributed by atoms with Gasteiger partial charge in [-0.3, -0.25) is 19.2 Å². The van der Waals surface area contributed by atoms with Crippen molar-refractivity contribution in [3.63, 3.8) is 0 Å². The summed E-state index contributed by atoms with van der Waals surface area (Å²) >= 11 is 0. The number of fused-ring (bicyclic) bond motifs is 1. The highest BCUT2D eigenvalue weighted by Gasteiger charge is 2.28. The van der Waals surface area contributed by atoms with E-state index >= 15 is 0 Å². The lowest BCUT2D eigenvalue weighted by atomic mass is 9.84. The van der Waals surface area contributed by atoms with Gasteiger partial charge in [0, 0.05) is 42.5 Å². The number of nitrogens with two attached hydrogens (primary N) is 1. The third-order valence-corrected chi connectivity index (χ3v) is 8.17. The van der Waals surface area contributed by atoms with Gasteiger partial charge in [-0.2, -0.15) is 0 Å². The van der Waals surface area contributed by atoms with Crippen molar-refractivity contribution in [2.24, 2.45) is 11.7 Å². The molecule has 1 saturated carbocycles. The first-order valence-corrected chi connectivity index (χ1v) is 15.2. The first-order valence-electron chi connectivity index (χ1n) is 15.2. The summed E-state index contributed by atoms with van der Waals surface area (Å²) in [4.78, 5) is 53.4. The minimum absolute atomic E-state index is 0.125. The average Bonchev–Trinajstić information content (AvgIpc) is 3.42. The van der Waals surface area contributed by atoms with Crippen LogP contribution in [-0.2, 0) is 32.0 Å². The van der Waals surface area contributed by atoms with Crippen LogP contribution >= 0.6 is 0 Å². The van der Waals surface area contributed by atoms with Crippen LogP contribution in [-0.4, -0.2) is 58.5 Å². The number of carboxylic acid groups (broad SMARTS) is 1. The lowest BCUT2D eigenvalue weighted by molar-refractivity contribution is -0.138. The molecule has 7 N–H and O–H groups in total. The number of aliphatic carboxylic acids is 1. The normalized spacial score (nSPS) is 15.7. The van der Waals surface area contributed by atoms with E-state index in [1.165, 1.54) is 6.42 Å². The van der Waals surface area contributed by atoms with Gasteiger partial charge in [0.2, 0.25) is 17.7 Å². The van der Waals surface area contributed by atoms with Gasteiger partial charge in [-0.15, -0.1) is 0 Å². The summed E-state index contributed by atoms with van der Waals surface area (Å²) in [6.07, 6.45) is 8.34. The molecule has 0 radical (unpaired) electrons. The average molecular weight is 590 g/mol. The number of aromatic nitrogens is 1. The van der Waals surface area contributed by atoms with Crippen molar-refractivity contribution in [2.45, 2.75) is 82.3 Å². The molecule has 3 aromatic rings. The number of carbonyl (C=O) groups is 4. The number of benzene rings is 2. The Labute approximate surface area is 252 Å². The Kier molecular flexibility index (Phi) is 11.7. The molecule has 0 saturated heterocycles. The topological polar surface area (TPSA) is 166 Å². The first kappa shape index (κ1) is 31.7. The van der Waals surface area contributed by atoms with Gasteiger partial charge < -0.3 is 31.8 Å². The molecule has 1 fully saturated rings. The number of amides is 3. The van der Waals surface area contributed by atoms with Gasteiger partial charge in [-0.05, 0) is 36.0 Å². The molecule has 3 atom stereocenters. The molecule has 230 valence electrons. The van der Waals surface area contributed by atoms with Crippen LogP contribution in [0.4, 0.5) is 0 Å². The second kappa shape index (κ2) is 15.9. The third kappa shape index (κ3) is 9.95. The second-order valence-corrected chi connectivity index (χ2v) is 11.6. The van der Waals surface area contributed by atoms with Gasteiger partial charge in [-0.1, -0.05) is 80.6 Å². The van der Waals surface area contributed by atoms with Gasteiger partial charge >= 0.3 is 5.97 Å². The van der Waals surface area contributed by atoms with Gasteiger partial charge in [-0.25, -0.2) is 0 Å². The largest absolute Gasteiger partial charge is 0.481 e. The SMILES string of the molecule is N[C@@H](Cc1c[nH]c2ccccc12)C(=O)N[C@@H](Cc1ccccc1)C(=O)N[C@@H](CNC(=O)CCC(=O)O)CC1CCCCC1. The van der Waals surface area contributed by atoms with Crippen LogP contribution < -0.4 is 21.7 Å². The number of H-pyrrole nitrogens is 1. The van der Waals surface area contributed by atoms with E-state index in [1.807, 2.05) is 60.8 Å². The summed E-state index contributed by atoms with van der Waals surface area (Å²) < 4.78 is 0. The molecule has 2 aromatic carbocycles. The maximum Gasteiger partial charge on any atom is 0.303 e. The van der Waals surface area contributed by atoms with E-state index in [1.54, 1.807) is 0 Å². The van der Waals surface area contributed by atoms with Crippen molar-refractivity contribution in [3.8, 4) is 0 Å². The summed E-state index contributed by atoms with van der Waals surface area (Å²) in [5.41, 5.74) is 9.13. The Hall–Kier alpha value is -4.18. The number of aromatic amines is 1. The van der Waals surface area contributed by atoms with Crippen LogP contribution in [0.2, 0.25) is 0 Å². The van der Waals surface area contributed by atoms with Crippen LogP contribution in [0.3, 0.4) is 0 Å². The van der Waals surface area contributed by atoms with E-state index < -0.39 is 24.0 Å². The molecular formula is C33H43N5O5. The van der Waals surface area contributed by atoms with Crippen molar-refractivity contribution in [1.29, 1.82) is 0 Å². The molecule has 1 heterocycles. The third-order valence-electron chi connectivity index (χ3n) is 8.17. The molecule has 1 aromatic heterocycles. The van der Waals surface area contributed by atoms with Gasteiger partial charge in [0.25, 0.3) is 0 Å². The molecule has 10 heteroatoms. The molecule has 0 aliphatic heterocycles. The van der Waals surface area contributed by atoms with Crippen LogP contribution in [0.15, 0.2) is 60.8 Å². The van der Waals surface area contributed by atoms with E-state index in [2.05, 4.69) is 20.9 Å². The summed E-state index contributed by atoms with van der Waals surface area (Å²) in [7, 11) is 0. The zero-order chi connectivity index (χ0) is 30.6. The van der Waals surface area contributed by atoms with E-state index in [4.69, 9.17) is 10.8 Å². The van der Waals surface area contributed by atoms with Crippen molar-refractivity contribution in [2.75, 3.05) is 6.54 Å². The summed E-state index contributed by atoms with van der Waals surface area (Å²) in [6, 6.07) is 15.2. The number of rotatable bonds is 15. The van der Waals surface area contributed by atoms with E-state index in [9.17, 15) is 19.2 Å². The van der Waals surface area contributed by atoms with Crippen LogP contribution in [0.1, 0.15) is 62.5 Å². The van der Waals surface area contributed by atoms with E-state index in [0.717, 1.165) is 47.7 Å². The molecule has 4 rings (SSSR count). The second-order valence-electron chi connectivity index (χ2n) is 11.6. The Balaban J connectivity index is 1.44. The smallest absolute Gasteiger partial charge is 0.303 e. The van der Waals surface area contributed by atoms with Gasteiger partial charge in [0.05, 0.1) is 12.5 Å². The van der Waals surface area contributed by atoms with Crippen LogP contribution in [0, 0.1) is 5.92 Å². The fourth-order valence-corrected chi connectivity index (χ4v) is 5.83. The zero-order valence-corrected chi connectivity index (χ0v) is 24.5. The Morgan fingerprint density at radius 2 is 1.60 bits per heavy atom. The van der Waals surface area contributed by atoms with Crippen molar-refractivity contribution in [1.82, 2.24) is 20.9 Å². The zero-order valence-electron chi connectivity index (χ0n) is 24.5. The number of carboxylic acids is 1. The monoisotopic (exact) mass is 589 g/mol. The Bertz CT molecular complexity index is 1370. The highest BCUT2D eigenvalue weighted by molar-refractivity contribution is 5.91. The fraction of sp³-hybridized carbons (Fsp3) is 0.455. The molecule has 1 aliphatic rings. The number of hydrogen-bond donors (Lipinski definition) is 6. The van der Waals surface area contributed by atoms with Gasteiger partial charge in [0.15, 0.2) is 0 Å². The predicted octanol–water partition coefficient (Wildman–Crippen LogP) is 3.20. The molecule has 10 nitrogen and oxygen atoms in total. The highest BCUT2D eigenvalue weighted by atomic mass is 16.4. The van der Waals surface area contributed by atoms with E-state index in [0.29, 0.717) is 18.8 Å². The molecule has 43 heavy (non-hydrogen) atoms. The Morgan fingerprint density at radius 1 is 0.884 bits per heavy atom. The summed E-state index contributed by atoms with van der Waals surface area (Å²) in [6.45, 7) is 0.187. The van der Waals surface area contributed by atoms with Crippen LogP contribution in [0.25, 0.3) is 10.9 Å². The molecule has 0 unspecified atom stereocenters. The summed E-state index contributed by atoms with van der Waals surface area (Å²) in [5, 5.41) is 18.7. The minimum Gasteiger partial charge on any atom is -0.481 e. The maximum atomic E-state index is 13.7. The summed E-state index contributed by atoms with van der Waals surface area (Å²) in [5.74, 6) is -1.77. The standard InChI is InChI=1S/C33H43N5O5/c34-27(19-24-20-35-28-14-8-7-13-26(24)28)32(42)38-29(18-23-11-5-2-6-12-23)33(43)37-25(17-22-9-3-1-4-10-22)21-36-30(39)15-16-31(40)41/h2,5-8,11-14,20,22,25,27,29,35H,1,3-4,9-10,15-19,21,34H2,(H,36,39)(H,37,43)(H,38,42)(H,40,41)/t25-,27+,29+/m1/s1. The molecule has 0 bridgehead atoms. The minimum atomic E-state index is -1.04. The molecule has 1 aliphatic carbocycles.